The van der Waals surface area contributed by atoms with Gasteiger partial charge in [-0.1, -0.05) is 12.2 Å². The Labute approximate surface area is 150 Å². The third-order valence-corrected chi connectivity index (χ3v) is 6.44. The highest BCUT2D eigenvalue weighted by atomic mass is 19.1. The van der Waals surface area contributed by atoms with Crippen molar-refractivity contribution in [3.8, 4) is 0 Å². The first-order valence-corrected chi connectivity index (χ1v) is 9.13. The molecule has 2 bridgehead atoms. The molecule has 6 heteroatoms. The van der Waals surface area contributed by atoms with Crippen molar-refractivity contribution >= 4 is 23.4 Å². The number of nitrogens with one attached hydrogen (secondary N) is 1. The predicted molar refractivity (Wildman–Crippen MR) is 91.1 cm³/mol. The van der Waals surface area contributed by atoms with E-state index < -0.39 is 0 Å². The number of amides is 3. The Morgan fingerprint density at radius 1 is 1.04 bits per heavy atom. The Hall–Kier alpha value is -2.50. The smallest absolute Gasteiger partial charge is 0.233 e. The highest BCUT2D eigenvalue weighted by molar-refractivity contribution is 6.06. The van der Waals surface area contributed by atoms with Crippen LogP contribution in [0.25, 0.3) is 0 Å². The molecule has 134 valence electrons. The second-order valence-electron chi connectivity index (χ2n) is 7.79. The van der Waals surface area contributed by atoms with Crippen molar-refractivity contribution in [3.05, 3.63) is 42.2 Å². The van der Waals surface area contributed by atoms with E-state index in [0.29, 0.717) is 17.5 Å². The van der Waals surface area contributed by atoms with Crippen LogP contribution in [-0.2, 0) is 14.4 Å². The number of allylic oxidation sites excluding steroid dienone is 2. The Bertz CT molecular complexity index is 798. The minimum atomic E-state index is -0.375. The van der Waals surface area contributed by atoms with Crippen molar-refractivity contribution in [2.75, 3.05) is 11.9 Å². The van der Waals surface area contributed by atoms with E-state index in [1.54, 1.807) is 0 Å². The summed E-state index contributed by atoms with van der Waals surface area (Å²) in [7, 11) is 0. The third kappa shape index (κ3) is 2.24. The summed E-state index contributed by atoms with van der Waals surface area (Å²) < 4.78 is 12.9. The second kappa shape index (κ2) is 5.50. The number of benzene rings is 1. The van der Waals surface area contributed by atoms with Gasteiger partial charge in [0.1, 0.15) is 5.82 Å². The van der Waals surface area contributed by atoms with Crippen LogP contribution >= 0.6 is 0 Å². The molecule has 6 rings (SSSR count). The fraction of sp³-hybridized carbons (Fsp3) is 0.450. The molecule has 1 N–H and O–H groups in total. The monoisotopic (exact) mass is 354 g/mol. The number of imide groups is 1. The fourth-order valence-electron chi connectivity index (χ4n) is 5.21. The van der Waals surface area contributed by atoms with Gasteiger partial charge in [0.15, 0.2) is 0 Å². The Morgan fingerprint density at radius 2 is 1.62 bits per heavy atom. The maximum absolute atomic E-state index is 12.9. The summed E-state index contributed by atoms with van der Waals surface area (Å²) in [5, 5.41) is 2.66. The Balaban J connectivity index is 1.24. The molecule has 0 aromatic heterocycles. The van der Waals surface area contributed by atoms with Gasteiger partial charge in [0, 0.05) is 18.7 Å². The molecule has 6 atom stereocenters. The molecular formula is C20H19FN2O3. The quantitative estimate of drug-likeness (QED) is 0.666. The summed E-state index contributed by atoms with van der Waals surface area (Å²) in [6.07, 6.45) is 5.45. The number of anilines is 1. The zero-order chi connectivity index (χ0) is 18.0. The van der Waals surface area contributed by atoms with Crippen molar-refractivity contribution in [2.45, 2.75) is 12.8 Å². The van der Waals surface area contributed by atoms with Gasteiger partial charge in [0.05, 0.1) is 11.8 Å². The molecular weight excluding hydrogens is 335 g/mol. The van der Waals surface area contributed by atoms with Crippen LogP contribution in [0, 0.1) is 41.3 Å². The van der Waals surface area contributed by atoms with Crippen LogP contribution in [-0.4, -0.2) is 29.2 Å². The lowest BCUT2D eigenvalue weighted by Gasteiger charge is -2.37. The van der Waals surface area contributed by atoms with Gasteiger partial charge in [0.25, 0.3) is 0 Å². The summed E-state index contributed by atoms with van der Waals surface area (Å²) in [6.45, 7) is 0.104. The van der Waals surface area contributed by atoms with E-state index in [1.807, 2.05) is 0 Å². The lowest BCUT2D eigenvalue weighted by Crippen LogP contribution is -2.40. The lowest BCUT2D eigenvalue weighted by molar-refractivity contribution is -0.140. The van der Waals surface area contributed by atoms with E-state index in [0.717, 1.165) is 6.42 Å². The highest BCUT2D eigenvalue weighted by Crippen LogP contribution is 2.65. The first-order valence-electron chi connectivity index (χ1n) is 9.13. The molecule has 3 fully saturated rings. The van der Waals surface area contributed by atoms with E-state index in [9.17, 15) is 18.8 Å². The van der Waals surface area contributed by atoms with Crippen LogP contribution in [0.2, 0.25) is 0 Å². The van der Waals surface area contributed by atoms with Gasteiger partial charge in [-0.15, -0.1) is 0 Å². The first-order chi connectivity index (χ1) is 12.5. The number of carbonyl (C=O) groups is 3. The van der Waals surface area contributed by atoms with E-state index in [4.69, 9.17) is 0 Å². The number of rotatable bonds is 4. The number of carbonyl (C=O) groups excluding carboxylic acids is 3. The van der Waals surface area contributed by atoms with Gasteiger partial charge >= 0.3 is 0 Å². The molecule has 1 aromatic rings. The number of hydrogen-bond donors (Lipinski definition) is 1. The van der Waals surface area contributed by atoms with Crippen LogP contribution in [0.15, 0.2) is 36.4 Å². The zero-order valence-corrected chi connectivity index (χ0v) is 14.1. The third-order valence-electron chi connectivity index (χ3n) is 6.44. The molecule has 5 nitrogen and oxygen atoms in total. The maximum atomic E-state index is 12.9. The highest BCUT2D eigenvalue weighted by Gasteiger charge is 2.66. The van der Waals surface area contributed by atoms with Gasteiger partial charge in [0.2, 0.25) is 17.7 Å². The van der Waals surface area contributed by atoms with E-state index in [2.05, 4.69) is 17.5 Å². The minimum absolute atomic E-state index is 0.0456. The molecule has 26 heavy (non-hydrogen) atoms. The van der Waals surface area contributed by atoms with Crippen LogP contribution in [0.3, 0.4) is 0 Å². The fourth-order valence-corrected chi connectivity index (χ4v) is 5.21. The number of hydrogen-bond acceptors (Lipinski definition) is 3. The van der Waals surface area contributed by atoms with Crippen molar-refractivity contribution in [1.29, 1.82) is 0 Å². The number of nitrogens with zero attached hydrogens (tertiary/aromatic N) is 1. The van der Waals surface area contributed by atoms with E-state index >= 15 is 0 Å². The summed E-state index contributed by atoms with van der Waals surface area (Å²) in [5.74, 6) is 0.209. The molecule has 1 heterocycles. The average molecular weight is 354 g/mol. The molecule has 1 aliphatic heterocycles. The summed E-state index contributed by atoms with van der Waals surface area (Å²) in [6, 6.07) is 5.48. The number of likely N-dealkylation sites (tertiary alicyclic amines) is 1. The van der Waals surface area contributed by atoms with Crippen molar-refractivity contribution in [1.82, 2.24) is 4.90 Å². The van der Waals surface area contributed by atoms with Crippen molar-refractivity contribution < 1.29 is 18.8 Å². The van der Waals surface area contributed by atoms with Gasteiger partial charge < -0.3 is 5.32 Å². The Morgan fingerprint density at radius 3 is 2.19 bits per heavy atom. The lowest BCUT2D eigenvalue weighted by atomic mass is 9.63. The van der Waals surface area contributed by atoms with Gasteiger partial charge in [-0.2, -0.15) is 0 Å². The molecule has 5 aliphatic rings. The average Bonchev–Trinajstić information content (AvgIpc) is 3.41. The van der Waals surface area contributed by atoms with Crippen LogP contribution < -0.4 is 5.32 Å². The Kier molecular flexibility index (Phi) is 3.33. The zero-order valence-electron chi connectivity index (χ0n) is 14.1. The molecule has 0 radical (unpaired) electrons. The SMILES string of the molecule is O=C(CCN1C(=O)[C@@H]2[C@@H]3C=C[C@@H]([C@H]4C[C@@H]34)[C@@H]2C1=O)Nc1ccc(F)cc1. The molecule has 2 saturated carbocycles. The van der Waals surface area contributed by atoms with Crippen LogP contribution in [0.1, 0.15) is 12.8 Å². The van der Waals surface area contributed by atoms with Crippen LogP contribution in [0.4, 0.5) is 10.1 Å². The minimum Gasteiger partial charge on any atom is -0.326 e. The standard InChI is InChI=1S/C20H19FN2O3/c21-10-1-3-11(4-2-10)22-16(24)7-8-23-19(25)17-12-5-6-13(15-9-14(12)15)18(17)20(23)26/h1-6,12-15,17-18H,7-9H2,(H,22,24)/t12-,13+,14+,15-,17-,18+. The van der Waals surface area contributed by atoms with Gasteiger partial charge in [-0.3, -0.25) is 19.3 Å². The number of halogens is 1. The molecule has 3 amide bonds. The predicted octanol–water partition coefficient (Wildman–Crippen LogP) is 2.21. The second-order valence-corrected chi connectivity index (χ2v) is 7.79. The van der Waals surface area contributed by atoms with Crippen molar-refractivity contribution in [2.24, 2.45) is 35.5 Å². The molecule has 0 spiro atoms. The summed E-state index contributed by atoms with van der Waals surface area (Å²) in [5.41, 5.74) is 0.492. The topological polar surface area (TPSA) is 66.5 Å². The van der Waals surface area contributed by atoms with E-state index in [-0.39, 0.29) is 60.2 Å². The van der Waals surface area contributed by atoms with Gasteiger partial charge in [-0.05, 0) is 54.4 Å². The largest absolute Gasteiger partial charge is 0.326 e. The summed E-state index contributed by atoms with van der Waals surface area (Å²) in [4.78, 5) is 39.0. The van der Waals surface area contributed by atoms with Crippen molar-refractivity contribution in [3.63, 3.8) is 0 Å². The maximum Gasteiger partial charge on any atom is 0.233 e. The summed E-state index contributed by atoms with van der Waals surface area (Å²) >= 11 is 0. The van der Waals surface area contributed by atoms with E-state index in [1.165, 1.54) is 29.2 Å². The molecule has 4 aliphatic carbocycles. The molecule has 1 aromatic carbocycles. The van der Waals surface area contributed by atoms with Crippen LogP contribution in [0.5, 0.6) is 0 Å². The molecule has 1 saturated heterocycles. The van der Waals surface area contributed by atoms with Gasteiger partial charge in [-0.25, -0.2) is 4.39 Å². The first kappa shape index (κ1) is 15.7. The molecule has 0 unspecified atom stereocenters. The normalized spacial score (nSPS) is 36.1.